The Balaban J connectivity index is 1.69. The number of aromatic hydroxyl groups is 1. The number of aryl methyl sites for hydroxylation is 1. The fourth-order valence-corrected chi connectivity index (χ4v) is 3.12. The molecule has 8 heteroatoms. The Morgan fingerprint density at radius 1 is 1.11 bits per heavy atom. The first-order valence-corrected chi connectivity index (χ1v) is 8.67. The molecule has 28 heavy (non-hydrogen) atoms. The van der Waals surface area contributed by atoms with E-state index in [1.807, 2.05) is 18.2 Å². The first-order chi connectivity index (χ1) is 13.5. The van der Waals surface area contributed by atoms with E-state index in [0.29, 0.717) is 16.3 Å². The molecule has 4 aromatic rings. The van der Waals surface area contributed by atoms with Crippen LogP contribution in [0.15, 0.2) is 69.9 Å². The van der Waals surface area contributed by atoms with Crippen molar-refractivity contribution in [3.8, 4) is 5.88 Å². The van der Waals surface area contributed by atoms with Gasteiger partial charge < -0.3 is 9.67 Å². The molecule has 0 saturated heterocycles. The van der Waals surface area contributed by atoms with E-state index in [4.69, 9.17) is 0 Å². The number of amides is 1. The molecule has 1 unspecified atom stereocenters. The van der Waals surface area contributed by atoms with Gasteiger partial charge in [-0.1, -0.05) is 30.3 Å². The van der Waals surface area contributed by atoms with Crippen LogP contribution in [0.1, 0.15) is 13.0 Å². The number of aromatic nitrogens is 3. The molecule has 2 heterocycles. The molecule has 0 fully saturated rings. The van der Waals surface area contributed by atoms with Gasteiger partial charge in [0.25, 0.3) is 11.5 Å². The van der Waals surface area contributed by atoms with Gasteiger partial charge >= 0.3 is 0 Å². The number of fused-ring (bicyclic) bond motifs is 2. The van der Waals surface area contributed by atoms with Crippen LogP contribution in [-0.4, -0.2) is 25.1 Å². The number of carbonyl (C=O) groups excluding carboxylic acids is 1. The minimum Gasteiger partial charge on any atom is -0.493 e. The number of nitrogens with zero attached hydrogens (tertiary/aromatic N) is 5. The van der Waals surface area contributed by atoms with Gasteiger partial charge in [0, 0.05) is 12.4 Å². The van der Waals surface area contributed by atoms with E-state index in [1.165, 1.54) is 10.9 Å². The second kappa shape index (κ2) is 6.73. The first kappa shape index (κ1) is 17.6. The summed E-state index contributed by atoms with van der Waals surface area (Å²) in [5.41, 5.74) is 1.22. The second-order valence-corrected chi connectivity index (χ2v) is 6.44. The number of hydrogen-bond donors (Lipinski definition) is 1. The Labute approximate surface area is 159 Å². The molecule has 4 rings (SSSR count). The largest absolute Gasteiger partial charge is 0.493 e. The predicted molar refractivity (Wildman–Crippen MR) is 105 cm³/mol. The third-order valence-electron chi connectivity index (χ3n) is 4.76. The number of hydrogen-bond acceptors (Lipinski definition) is 5. The van der Waals surface area contributed by atoms with Crippen LogP contribution in [0.3, 0.4) is 0 Å². The van der Waals surface area contributed by atoms with Crippen molar-refractivity contribution >= 4 is 33.4 Å². The molecule has 1 atom stereocenters. The molecule has 1 amide bonds. The van der Waals surface area contributed by atoms with Gasteiger partial charge in [0.15, 0.2) is 5.69 Å². The van der Waals surface area contributed by atoms with Gasteiger partial charge in [-0.3, -0.25) is 14.2 Å². The van der Waals surface area contributed by atoms with Crippen LogP contribution in [-0.2, 0) is 11.8 Å². The van der Waals surface area contributed by atoms with E-state index in [0.717, 1.165) is 5.52 Å². The Morgan fingerprint density at radius 2 is 1.79 bits per heavy atom. The van der Waals surface area contributed by atoms with Crippen molar-refractivity contribution in [1.82, 2.24) is 14.1 Å². The summed E-state index contributed by atoms with van der Waals surface area (Å²) in [5, 5.41) is 19.1. The summed E-state index contributed by atoms with van der Waals surface area (Å²) < 4.78 is 2.79. The van der Waals surface area contributed by atoms with Crippen molar-refractivity contribution in [2.24, 2.45) is 17.3 Å². The van der Waals surface area contributed by atoms with E-state index in [2.05, 4.69) is 15.2 Å². The SMILES string of the molecule is CC(C(=O)N=Nc1c(O)n(C)c2ccccc12)n1cnc2ccccc2c1=O. The summed E-state index contributed by atoms with van der Waals surface area (Å²) in [7, 11) is 1.70. The lowest BCUT2D eigenvalue weighted by atomic mass is 10.2. The topological polar surface area (TPSA) is 102 Å². The molecule has 2 aromatic heterocycles. The summed E-state index contributed by atoms with van der Waals surface area (Å²) >= 11 is 0. The highest BCUT2D eigenvalue weighted by Crippen LogP contribution is 2.37. The number of azo groups is 1. The van der Waals surface area contributed by atoms with Gasteiger partial charge in [-0.25, -0.2) is 4.98 Å². The zero-order valence-corrected chi connectivity index (χ0v) is 15.3. The Hall–Kier alpha value is -3.81. The Bertz CT molecular complexity index is 1300. The van der Waals surface area contributed by atoms with Crippen molar-refractivity contribution < 1.29 is 9.90 Å². The predicted octanol–water partition coefficient (Wildman–Crippen LogP) is 3.47. The summed E-state index contributed by atoms with van der Waals surface area (Å²) in [4.78, 5) is 29.4. The van der Waals surface area contributed by atoms with Gasteiger partial charge in [-0.15, -0.1) is 10.2 Å². The van der Waals surface area contributed by atoms with Crippen LogP contribution in [0, 0.1) is 0 Å². The van der Waals surface area contributed by atoms with Crippen LogP contribution >= 0.6 is 0 Å². The van der Waals surface area contributed by atoms with Crippen molar-refractivity contribution in [2.75, 3.05) is 0 Å². The summed E-state index contributed by atoms with van der Waals surface area (Å²) in [5.74, 6) is -0.707. The molecule has 1 N–H and O–H groups in total. The third-order valence-corrected chi connectivity index (χ3v) is 4.76. The van der Waals surface area contributed by atoms with E-state index in [9.17, 15) is 14.7 Å². The normalized spacial score (nSPS) is 12.8. The highest BCUT2D eigenvalue weighted by Gasteiger charge is 2.19. The first-order valence-electron chi connectivity index (χ1n) is 8.67. The third kappa shape index (κ3) is 2.75. The molecular weight excluding hydrogens is 358 g/mol. The second-order valence-electron chi connectivity index (χ2n) is 6.44. The highest BCUT2D eigenvalue weighted by atomic mass is 16.3. The number of carbonyl (C=O) groups is 1. The minimum atomic E-state index is -0.884. The lowest BCUT2D eigenvalue weighted by molar-refractivity contribution is -0.121. The summed E-state index contributed by atoms with van der Waals surface area (Å²) in [6.45, 7) is 1.56. The quantitative estimate of drug-likeness (QED) is 0.554. The van der Waals surface area contributed by atoms with Crippen LogP contribution in [0.2, 0.25) is 0 Å². The maximum atomic E-state index is 12.6. The molecule has 0 radical (unpaired) electrons. The number of benzene rings is 2. The fourth-order valence-electron chi connectivity index (χ4n) is 3.12. The maximum Gasteiger partial charge on any atom is 0.287 e. The van der Waals surface area contributed by atoms with Gasteiger partial charge in [0.1, 0.15) is 6.04 Å². The lowest BCUT2D eigenvalue weighted by Crippen LogP contribution is -2.27. The van der Waals surface area contributed by atoms with E-state index >= 15 is 0 Å². The van der Waals surface area contributed by atoms with E-state index in [1.54, 1.807) is 48.9 Å². The average Bonchev–Trinajstić information content (AvgIpc) is 2.96. The van der Waals surface area contributed by atoms with Crippen LogP contribution < -0.4 is 5.56 Å². The zero-order valence-electron chi connectivity index (χ0n) is 15.3. The van der Waals surface area contributed by atoms with Crippen molar-refractivity contribution in [3.05, 3.63) is 65.2 Å². The minimum absolute atomic E-state index is 0.0880. The molecular formula is C20H17N5O3. The molecule has 140 valence electrons. The Kier molecular flexibility index (Phi) is 4.23. The number of rotatable bonds is 3. The van der Waals surface area contributed by atoms with Crippen LogP contribution in [0.5, 0.6) is 5.88 Å². The maximum absolute atomic E-state index is 12.6. The molecule has 2 aromatic carbocycles. The smallest absolute Gasteiger partial charge is 0.287 e. The molecule has 0 aliphatic heterocycles. The van der Waals surface area contributed by atoms with Crippen LogP contribution in [0.25, 0.3) is 21.8 Å². The monoisotopic (exact) mass is 375 g/mol. The van der Waals surface area contributed by atoms with Crippen molar-refractivity contribution in [2.45, 2.75) is 13.0 Å². The van der Waals surface area contributed by atoms with E-state index < -0.39 is 11.9 Å². The average molecular weight is 375 g/mol. The molecule has 0 aliphatic carbocycles. The Morgan fingerprint density at radius 3 is 2.57 bits per heavy atom. The molecule has 0 bridgehead atoms. The number of para-hydroxylation sites is 2. The van der Waals surface area contributed by atoms with E-state index in [-0.39, 0.29) is 17.1 Å². The van der Waals surface area contributed by atoms with Gasteiger partial charge in [0.05, 0.1) is 22.7 Å². The van der Waals surface area contributed by atoms with Gasteiger partial charge in [-0.2, -0.15) is 0 Å². The zero-order chi connectivity index (χ0) is 19.8. The summed E-state index contributed by atoms with van der Waals surface area (Å²) in [6, 6.07) is 13.3. The summed E-state index contributed by atoms with van der Waals surface area (Å²) in [6.07, 6.45) is 1.33. The van der Waals surface area contributed by atoms with Gasteiger partial charge in [0.2, 0.25) is 5.88 Å². The lowest BCUT2D eigenvalue weighted by Gasteiger charge is -2.11. The molecule has 0 aliphatic rings. The molecule has 0 saturated carbocycles. The van der Waals surface area contributed by atoms with Gasteiger partial charge in [-0.05, 0) is 25.1 Å². The van der Waals surface area contributed by atoms with Crippen molar-refractivity contribution in [1.29, 1.82) is 0 Å². The van der Waals surface area contributed by atoms with Crippen molar-refractivity contribution in [3.63, 3.8) is 0 Å². The van der Waals surface area contributed by atoms with Crippen LogP contribution in [0.4, 0.5) is 5.69 Å². The highest BCUT2D eigenvalue weighted by molar-refractivity contribution is 5.95. The fraction of sp³-hybridized carbons (Fsp3) is 0.150. The molecule has 8 nitrogen and oxygen atoms in total. The standard InChI is InChI=1S/C20H17N5O3/c1-12(25-11-21-15-9-5-3-7-13(15)19(25)27)18(26)23-22-17-14-8-4-6-10-16(14)24(2)20(17)28/h3-12,28H,1-2H3. The molecule has 0 spiro atoms.